The first kappa shape index (κ1) is 13.8. The van der Waals surface area contributed by atoms with E-state index in [1.807, 2.05) is 0 Å². The Morgan fingerprint density at radius 1 is 1.50 bits per heavy atom. The number of amides is 1. The quantitative estimate of drug-likeness (QED) is 0.588. The van der Waals surface area contributed by atoms with Gasteiger partial charge in [0.05, 0.1) is 13.7 Å². The highest BCUT2D eigenvalue weighted by Crippen LogP contribution is 1.84. The first-order valence-corrected chi connectivity index (χ1v) is 3.12. The van der Waals surface area contributed by atoms with Crippen molar-refractivity contribution in [3.63, 3.8) is 0 Å². The standard InChI is InChI=1S/C6H12N2O3.ClH/c1-8(5(9)3-7)4-6(10)11-2;/h3-4,7H2,1-2H3;1H. The van der Waals surface area contributed by atoms with Crippen molar-refractivity contribution in [3.05, 3.63) is 0 Å². The van der Waals surface area contributed by atoms with Gasteiger partial charge in [-0.2, -0.15) is 0 Å². The van der Waals surface area contributed by atoms with E-state index in [4.69, 9.17) is 5.73 Å². The molecule has 0 saturated carbocycles. The van der Waals surface area contributed by atoms with Crippen LogP contribution in [0.1, 0.15) is 0 Å². The largest absolute Gasteiger partial charge is 0.468 e. The van der Waals surface area contributed by atoms with Gasteiger partial charge < -0.3 is 15.4 Å². The number of methoxy groups -OCH3 is 1. The van der Waals surface area contributed by atoms with Crippen LogP contribution in [0, 0.1) is 0 Å². The molecule has 0 radical (unpaired) electrons. The minimum Gasteiger partial charge on any atom is -0.468 e. The lowest BCUT2D eigenvalue weighted by Gasteiger charge is -2.13. The molecule has 5 nitrogen and oxygen atoms in total. The topological polar surface area (TPSA) is 72.6 Å². The number of hydrogen-bond acceptors (Lipinski definition) is 4. The maximum atomic E-state index is 10.8. The number of carbonyl (C=O) groups is 2. The second-order valence-corrected chi connectivity index (χ2v) is 2.03. The summed E-state index contributed by atoms with van der Waals surface area (Å²) in [4.78, 5) is 22.6. The van der Waals surface area contributed by atoms with E-state index >= 15 is 0 Å². The summed E-state index contributed by atoms with van der Waals surface area (Å²) in [5, 5.41) is 0. The molecule has 0 unspecified atom stereocenters. The summed E-state index contributed by atoms with van der Waals surface area (Å²) in [5.41, 5.74) is 5.05. The summed E-state index contributed by atoms with van der Waals surface area (Å²) < 4.78 is 4.34. The van der Waals surface area contributed by atoms with Crippen molar-refractivity contribution in [2.75, 3.05) is 27.2 Å². The fourth-order valence-electron chi connectivity index (χ4n) is 0.502. The van der Waals surface area contributed by atoms with Crippen molar-refractivity contribution in [2.24, 2.45) is 5.73 Å². The van der Waals surface area contributed by atoms with E-state index in [1.54, 1.807) is 0 Å². The molecule has 2 N–H and O–H groups in total. The minimum atomic E-state index is -0.450. The molecule has 1 amide bonds. The number of esters is 1. The predicted molar refractivity (Wildman–Crippen MR) is 46.0 cm³/mol. The molecular formula is C6H13ClN2O3. The Morgan fingerprint density at radius 2 is 2.00 bits per heavy atom. The third kappa shape index (κ3) is 4.92. The van der Waals surface area contributed by atoms with Crippen LogP contribution in [0.25, 0.3) is 0 Å². The number of ether oxygens (including phenoxy) is 1. The molecule has 0 aromatic rings. The zero-order valence-corrected chi connectivity index (χ0v) is 7.89. The Hall–Kier alpha value is -0.810. The van der Waals surface area contributed by atoms with Gasteiger partial charge in [-0.05, 0) is 0 Å². The highest BCUT2D eigenvalue weighted by atomic mass is 35.5. The van der Waals surface area contributed by atoms with E-state index in [0.29, 0.717) is 0 Å². The van der Waals surface area contributed by atoms with Gasteiger partial charge in [0.15, 0.2) is 0 Å². The maximum absolute atomic E-state index is 10.8. The zero-order chi connectivity index (χ0) is 8.85. The van der Waals surface area contributed by atoms with Gasteiger partial charge in [0.1, 0.15) is 6.54 Å². The van der Waals surface area contributed by atoms with Gasteiger partial charge in [-0.25, -0.2) is 0 Å². The fourth-order valence-corrected chi connectivity index (χ4v) is 0.502. The molecule has 0 aliphatic heterocycles. The van der Waals surface area contributed by atoms with Crippen molar-refractivity contribution >= 4 is 24.3 Å². The summed E-state index contributed by atoms with van der Waals surface area (Å²) in [6.07, 6.45) is 0. The molecule has 0 aromatic carbocycles. The van der Waals surface area contributed by atoms with Gasteiger partial charge in [-0.15, -0.1) is 12.4 Å². The molecule has 0 spiro atoms. The Balaban J connectivity index is 0. The van der Waals surface area contributed by atoms with Crippen LogP contribution in [0.3, 0.4) is 0 Å². The highest BCUT2D eigenvalue weighted by molar-refractivity contribution is 5.85. The minimum absolute atomic E-state index is 0. The second-order valence-electron chi connectivity index (χ2n) is 2.03. The number of rotatable bonds is 3. The molecule has 0 atom stereocenters. The molecule has 0 aliphatic carbocycles. The van der Waals surface area contributed by atoms with Crippen LogP contribution in [0.15, 0.2) is 0 Å². The average molecular weight is 197 g/mol. The van der Waals surface area contributed by atoms with Crippen molar-refractivity contribution in [1.82, 2.24) is 4.90 Å². The number of hydrogen-bond donors (Lipinski definition) is 1. The van der Waals surface area contributed by atoms with Gasteiger partial charge in [0.25, 0.3) is 0 Å². The monoisotopic (exact) mass is 196 g/mol. The van der Waals surface area contributed by atoms with Crippen LogP contribution in [0.4, 0.5) is 0 Å². The molecule has 0 aliphatic rings. The Labute approximate surface area is 77.3 Å². The summed E-state index contributed by atoms with van der Waals surface area (Å²) in [6.45, 7) is -0.139. The normalized spacial score (nSPS) is 8.25. The number of nitrogens with two attached hydrogens (primary N) is 1. The van der Waals surface area contributed by atoms with Crippen molar-refractivity contribution in [2.45, 2.75) is 0 Å². The third-order valence-electron chi connectivity index (χ3n) is 1.19. The van der Waals surface area contributed by atoms with Crippen LogP contribution >= 0.6 is 12.4 Å². The van der Waals surface area contributed by atoms with E-state index in [0.717, 1.165) is 0 Å². The third-order valence-corrected chi connectivity index (χ3v) is 1.19. The van der Waals surface area contributed by atoms with Gasteiger partial charge in [-0.3, -0.25) is 9.59 Å². The molecule has 6 heteroatoms. The summed E-state index contributed by atoms with van der Waals surface area (Å²) in [7, 11) is 2.76. The summed E-state index contributed by atoms with van der Waals surface area (Å²) in [5.74, 6) is -0.732. The van der Waals surface area contributed by atoms with Gasteiger partial charge in [0, 0.05) is 7.05 Å². The van der Waals surface area contributed by atoms with Gasteiger partial charge in [0.2, 0.25) is 5.91 Å². The lowest BCUT2D eigenvalue weighted by molar-refractivity contribution is -0.145. The molecule has 0 saturated heterocycles. The number of likely N-dealkylation sites (N-methyl/N-ethyl adjacent to an activating group) is 1. The molecule has 12 heavy (non-hydrogen) atoms. The number of carbonyl (C=O) groups excluding carboxylic acids is 2. The van der Waals surface area contributed by atoms with Crippen molar-refractivity contribution in [1.29, 1.82) is 0 Å². The van der Waals surface area contributed by atoms with Crippen molar-refractivity contribution in [3.8, 4) is 0 Å². The van der Waals surface area contributed by atoms with Crippen LogP contribution in [0.5, 0.6) is 0 Å². The van der Waals surface area contributed by atoms with E-state index in [2.05, 4.69) is 4.74 Å². The molecule has 72 valence electrons. The van der Waals surface area contributed by atoms with Crippen molar-refractivity contribution < 1.29 is 14.3 Å². The lowest BCUT2D eigenvalue weighted by Crippen LogP contribution is -2.36. The Bertz CT molecular complexity index is 163. The molecule has 0 bridgehead atoms. The number of halogens is 1. The first-order chi connectivity index (χ1) is 5.11. The molecule has 0 fully saturated rings. The SMILES string of the molecule is COC(=O)CN(C)C(=O)CN.Cl. The first-order valence-electron chi connectivity index (χ1n) is 3.12. The van der Waals surface area contributed by atoms with E-state index < -0.39 is 5.97 Å². The number of nitrogens with zero attached hydrogens (tertiary/aromatic N) is 1. The van der Waals surface area contributed by atoms with Gasteiger partial charge in [-0.1, -0.05) is 0 Å². The van der Waals surface area contributed by atoms with E-state index in [1.165, 1.54) is 19.1 Å². The van der Waals surface area contributed by atoms with Crippen LogP contribution in [0.2, 0.25) is 0 Å². The summed E-state index contributed by atoms with van der Waals surface area (Å²) in [6, 6.07) is 0. The fraction of sp³-hybridized carbons (Fsp3) is 0.667. The van der Waals surface area contributed by atoms with Crippen LogP contribution in [-0.4, -0.2) is 44.0 Å². The van der Waals surface area contributed by atoms with Crippen LogP contribution < -0.4 is 5.73 Å². The predicted octanol–water partition coefficient (Wildman–Crippen LogP) is -1.00. The van der Waals surface area contributed by atoms with E-state index in [9.17, 15) is 9.59 Å². The molecular weight excluding hydrogens is 184 g/mol. The summed E-state index contributed by atoms with van der Waals surface area (Å²) >= 11 is 0. The second kappa shape index (κ2) is 6.87. The smallest absolute Gasteiger partial charge is 0.325 e. The highest BCUT2D eigenvalue weighted by Gasteiger charge is 2.10. The maximum Gasteiger partial charge on any atom is 0.325 e. The molecule has 0 heterocycles. The Kier molecular flexibility index (Phi) is 7.88. The Morgan fingerprint density at radius 3 is 2.33 bits per heavy atom. The van der Waals surface area contributed by atoms with Crippen LogP contribution in [-0.2, 0) is 14.3 Å². The lowest BCUT2D eigenvalue weighted by atomic mass is 10.5. The molecule has 0 aromatic heterocycles. The molecule has 0 rings (SSSR count). The zero-order valence-electron chi connectivity index (χ0n) is 7.07. The average Bonchev–Trinajstić information content (AvgIpc) is 2.02. The van der Waals surface area contributed by atoms with Gasteiger partial charge >= 0.3 is 5.97 Å². The van der Waals surface area contributed by atoms with E-state index in [-0.39, 0.29) is 31.4 Å².